The smallest absolute Gasteiger partial charge is 0.217 e. The Bertz CT molecular complexity index is 358. The summed E-state index contributed by atoms with van der Waals surface area (Å²) in [5.74, 6) is 1.87. The average molecular weight is 194 g/mol. The highest BCUT2D eigenvalue weighted by molar-refractivity contribution is 5.73. The highest BCUT2D eigenvalue weighted by Crippen LogP contribution is 2.18. The van der Waals surface area contributed by atoms with E-state index in [1.807, 2.05) is 6.92 Å². The minimum atomic E-state index is -0.0492. The first-order chi connectivity index (χ1) is 6.68. The van der Waals surface area contributed by atoms with Crippen molar-refractivity contribution in [1.82, 2.24) is 20.1 Å². The minimum absolute atomic E-state index is 0.0344. The van der Waals surface area contributed by atoms with Crippen LogP contribution < -0.4 is 5.32 Å². The van der Waals surface area contributed by atoms with Gasteiger partial charge >= 0.3 is 0 Å². The molecule has 1 unspecified atom stereocenters. The zero-order valence-corrected chi connectivity index (χ0v) is 8.45. The molecule has 1 aromatic heterocycles. The Morgan fingerprint density at radius 1 is 1.57 bits per heavy atom. The molecule has 0 bridgehead atoms. The van der Waals surface area contributed by atoms with Gasteiger partial charge in [-0.3, -0.25) is 4.79 Å². The van der Waals surface area contributed by atoms with Crippen molar-refractivity contribution < 1.29 is 4.79 Å². The van der Waals surface area contributed by atoms with Crippen LogP contribution >= 0.6 is 0 Å². The molecule has 5 nitrogen and oxygen atoms in total. The van der Waals surface area contributed by atoms with Gasteiger partial charge in [0.1, 0.15) is 5.82 Å². The third-order valence-electron chi connectivity index (χ3n) is 2.45. The molecule has 5 heteroatoms. The van der Waals surface area contributed by atoms with Crippen molar-refractivity contribution in [3.8, 4) is 0 Å². The fraction of sp³-hybridized carbons (Fsp3) is 0.667. The molecule has 0 aromatic carbocycles. The monoisotopic (exact) mass is 194 g/mol. The van der Waals surface area contributed by atoms with Gasteiger partial charge in [0.25, 0.3) is 0 Å². The van der Waals surface area contributed by atoms with E-state index in [-0.39, 0.29) is 11.9 Å². The summed E-state index contributed by atoms with van der Waals surface area (Å²) in [7, 11) is 0. The summed E-state index contributed by atoms with van der Waals surface area (Å²) in [5, 5.41) is 11.0. The standard InChI is InChI=1S/C9H14N4O/c1-6(10-7(2)14)9-12-11-8-4-3-5-13(8)9/h6H,3-5H2,1-2H3,(H,10,14). The highest BCUT2D eigenvalue weighted by Gasteiger charge is 2.21. The number of aromatic nitrogens is 3. The maximum atomic E-state index is 10.9. The van der Waals surface area contributed by atoms with Crippen molar-refractivity contribution >= 4 is 5.91 Å². The van der Waals surface area contributed by atoms with Crippen LogP contribution in [0, 0.1) is 0 Å². The van der Waals surface area contributed by atoms with Gasteiger partial charge < -0.3 is 9.88 Å². The van der Waals surface area contributed by atoms with E-state index in [0.29, 0.717) is 0 Å². The van der Waals surface area contributed by atoms with Gasteiger partial charge in [0.05, 0.1) is 6.04 Å². The molecular weight excluding hydrogens is 180 g/mol. The van der Waals surface area contributed by atoms with Gasteiger partial charge in [-0.2, -0.15) is 0 Å². The number of carbonyl (C=O) groups excluding carboxylic acids is 1. The summed E-state index contributed by atoms with van der Waals surface area (Å²) >= 11 is 0. The molecule has 0 spiro atoms. The van der Waals surface area contributed by atoms with E-state index in [0.717, 1.165) is 31.0 Å². The van der Waals surface area contributed by atoms with Gasteiger partial charge in [0.15, 0.2) is 5.82 Å². The van der Waals surface area contributed by atoms with Crippen molar-refractivity contribution in [2.45, 2.75) is 39.3 Å². The lowest BCUT2D eigenvalue weighted by atomic mass is 10.3. The lowest BCUT2D eigenvalue weighted by Crippen LogP contribution is -2.26. The van der Waals surface area contributed by atoms with Crippen LogP contribution in [0.3, 0.4) is 0 Å². The summed E-state index contributed by atoms with van der Waals surface area (Å²) in [5.41, 5.74) is 0. The molecule has 0 fully saturated rings. The Morgan fingerprint density at radius 3 is 3.07 bits per heavy atom. The molecule has 0 saturated carbocycles. The first kappa shape index (κ1) is 9.18. The molecule has 1 amide bonds. The quantitative estimate of drug-likeness (QED) is 0.742. The molecule has 14 heavy (non-hydrogen) atoms. The average Bonchev–Trinajstić information content (AvgIpc) is 2.59. The van der Waals surface area contributed by atoms with Gasteiger partial charge in [-0.05, 0) is 13.3 Å². The molecular formula is C9H14N4O. The van der Waals surface area contributed by atoms with Crippen LogP contribution in [-0.2, 0) is 17.8 Å². The molecule has 1 aromatic rings. The number of nitrogens with zero attached hydrogens (tertiary/aromatic N) is 3. The lowest BCUT2D eigenvalue weighted by molar-refractivity contribution is -0.119. The Hall–Kier alpha value is -1.39. The molecule has 1 aliphatic rings. The molecule has 1 N–H and O–H groups in total. The molecule has 0 radical (unpaired) electrons. The molecule has 2 heterocycles. The Labute approximate surface area is 82.5 Å². The van der Waals surface area contributed by atoms with Gasteiger partial charge in [-0.1, -0.05) is 0 Å². The minimum Gasteiger partial charge on any atom is -0.347 e. The molecule has 1 aliphatic heterocycles. The first-order valence-corrected chi connectivity index (χ1v) is 4.87. The summed E-state index contributed by atoms with van der Waals surface area (Å²) in [6.45, 7) is 4.41. The number of hydrogen-bond acceptors (Lipinski definition) is 3. The first-order valence-electron chi connectivity index (χ1n) is 4.87. The van der Waals surface area contributed by atoms with Crippen LogP contribution in [0.1, 0.15) is 38.0 Å². The van der Waals surface area contributed by atoms with Crippen molar-refractivity contribution in [3.05, 3.63) is 11.6 Å². The van der Waals surface area contributed by atoms with Crippen LogP contribution in [0.5, 0.6) is 0 Å². The zero-order chi connectivity index (χ0) is 10.1. The second kappa shape index (κ2) is 3.40. The summed E-state index contributed by atoms with van der Waals surface area (Å²) in [6.07, 6.45) is 2.13. The van der Waals surface area contributed by atoms with Crippen LogP contribution in [0.15, 0.2) is 0 Å². The summed E-state index contributed by atoms with van der Waals surface area (Å²) in [6, 6.07) is -0.0492. The predicted octanol–water partition coefficient (Wildman–Crippen LogP) is 0.421. The van der Waals surface area contributed by atoms with Crippen LogP contribution in [-0.4, -0.2) is 20.7 Å². The van der Waals surface area contributed by atoms with E-state index >= 15 is 0 Å². The third-order valence-corrected chi connectivity index (χ3v) is 2.45. The Kier molecular flexibility index (Phi) is 2.23. The van der Waals surface area contributed by atoms with E-state index in [4.69, 9.17) is 0 Å². The van der Waals surface area contributed by atoms with E-state index < -0.39 is 0 Å². The van der Waals surface area contributed by atoms with Crippen molar-refractivity contribution in [1.29, 1.82) is 0 Å². The number of nitrogens with one attached hydrogen (secondary N) is 1. The second-order valence-electron chi connectivity index (χ2n) is 3.65. The summed E-state index contributed by atoms with van der Waals surface area (Å²) < 4.78 is 2.10. The van der Waals surface area contributed by atoms with E-state index in [1.165, 1.54) is 6.92 Å². The molecule has 0 saturated heterocycles. The normalized spacial score (nSPS) is 16.4. The van der Waals surface area contributed by atoms with Crippen molar-refractivity contribution in [2.75, 3.05) is 0 Å². The van der Waals surface area contributed by atoms with Gasteiger partial charge in [0, 0.05) is 19.9 Å². The topological polar surface area (TPSA) is 59.8 Å². The highest BCUT2D eigenvalue weighted by atomic mass is 16.1. The van der Waals surface area contributed by atoms with E-state index in [1.54, 1.807) is 0 Å². The van der Waals surface area contributed by atoms with Crippen LogP contribution in [0.2, 0.25) is 0 Å². The molecule has 76 valence electrons. The Balaban J connectivity index is 2.19. The largest absolute Gasteiger partial charge is 0.347 e. The molecule has 0 aliphatic carbocycles. The number of fused-ring (bicyclic) bond motifs is 1. The van der Waals surface area contributed by atoms with E-state index in [2.05, 4.69) is 20.1 Å². The third kappa shape index (κ3) is 1.49. The van der Waals surface area contributed by atoms with Crippen molar-refractivity contribution in [2.24, 2.45) is 0 Å². The van der Waals surface area contributed by atoms with E-state index in [9.17, 15) is 4.79 Å². The molecule has 1 atom stereocenters. The maximum Gasteiger partial charge on any atom is 0.217 e. The van der Waals surface area contributed by atoms with Crippen molar-refractivity contribution in [3.63, 3.8) is 0 Å². The lowest BCUT2D eigenvalue weighted by Gasteiger charge is -2.11. The van der Waals surface area contributed by atoms with Crippen LogP contribution in [0.25, 0.3) is 0 Å². The fourth-order valence-electron chi connectivity index (χ4n) is 1.86. The number of carbonyl (C=O) groups is 1. The van der Waals surface area contributed by atoms with Crippen LogP contribution in [0.4, 0.5) is 0 Å². The predicted molar refractivity (Wildman–Crippen MR) is 50.6 cm³/mol. The van der Waals surface area contributed by atoms with Gasteiger partial charge in [0.2, 0.25) is 5.91 Å². The number of amides is 1. The number of hydrogen-bond donors (Lipinski definition) is 1. The zero-order valence-electron chi connectivity index (χ0n) is 8.45. The number of aryl methyl sites for hydroxylation is 1. The maximum absolute atomic E-state index is 10.9. The fourth-order valence-corrected chi connectivity index (χ4v) is 1.86. The second-order valence-corrected chi connectivity index (χ2v) is 3.65. The SMILES string of the molecule is CC(=O)NC(C)c1nnc2n1CCC2. The molecule has 2 rings (SSSR count). The summed E-state index contributed by atoms with van der Waals surface area (Å²) in [4.78, 5) is 10.9. The number of rotatable bonds is 2. The van der Waals surface area contributed by atoms with Gasteiger partial charge in [-0.15, -0.1) is 10.2 Å². The van der Waals surface area contributed by atoms with Gasteiger partial charge in [-0.25, -0.2) is 0 Å². The Morgan fingerprint density at radius 2 is 2.36 bits per heavy atom.